The molecule has 0 spiro atoms. The number of aromatic amines is 1. The Hall–Kier alpha value is -3.67. The average Bonchev–Trinajstić information content (AvgIpc) is 3.34. The van der Waals surface area contributed by atoms with Crippen LogP contribution in [0.15, 0.2) is 54.6 Å². The number of nitrogens with zero attached hydrogens (tertiary/aromatic N) is 4. The van der Waals surface area contributed by atoms with Gasteiger partial charge in [-0.3, -0.25) is 4.84 Å². The average molecular weight is 392 g/mol. The number of H-pyrrole nitrogens is 1. The fourth-order valence-corrected chi connectivity index (χ4v) is 2.38. The maximum atomic E-state index is 12.2. The third-order valence-electron chi connectivity index (χ3n) is 3.57. The summed E-state index contributed by atoms with van der Waals surface area (Å²) in [6, 6.07) is 8.67. The number of aromatic nitrogens is 5. The van der Waals surface area contributed by atoms with Crippen LogP contribution in [0, 0.1) is 0 Å². The Morgan fingerprint density at radius 1 is 1.04 bits per heavy atom. The quantitative estimate of drug-likeness (QED) is 0.683. The van der Waals surface area contributed by atoms with Crippen molar-refractivity contribution in [1.82, 2.24) is 31.1 Å². The maximum absolute atomic E-state index is 12.2. The molecule has 0 saturated heterocycles. The minimum Gasteiger partial charge on any atom is -0.438 e. The Kier molecular flexibility index (Phi) is 4.53. The first-order valence-electron chi connectivity index (χ1n) is 7.83. The van der Waals surface area contributed by atoms with Crippen LogP contribution in [0.4, 0.5) is 13.2 Å². The lowest BCUT2D eigenvalue weighted by Crippen LogP contribution is -2.17. The van der Waals surface area contributed by atoms with Crippen LogP contribution in [-0.2, 0) is 4.84 Å². The maximum Gasteiger partial charge on any atom is 0.573 e. The molecule has 12 heteroatoms. The van der Waals surface area contributed by atoms with E-state index in [1.165, 1.54) is 30.5 Å². The minimum absolute atomic E-state index is 0.310. The van der Waals surface area contributed by atoms with E-state index in [9.17, 15) is 13.2 Å². The van der Waals surface area contributed by atoms with E-state index in [2.05, 4.69) is 35.8 Å². The highest BCUT2D eigenvalue weighted by atomic mass is 19.4. The van der Waals surface area contributed by atoms with E-state index < -0.39 is 12.5 Å². The van der Waals surface area contributed by atoms with Crippen molar-refractivity contribution in [1.29, 1.82) is 0 Å². The SMILES string of the molecule is FC(F)(F)Oc1ccc([C@H]2C=C(Oc3ccc(-c4nn[nH]n4)nc3)NO2)cc1. The standard InChI is InChI=1S/C16H11F3N6O3/c17-16(18,19)27-10-3-1-9(2-4-10)13-7-14(23-28-13)26-11-5-6-12(20-8-11)15-21-24-25-22-15/h1-8,13,23H,(H,21,22,24,25)/t13-/m1/s1. The molecule has 0 amide bonds. The van der Waals surface area contributed by atoms with Gasteiger partial charge in [0, 0.05) is 6.08 Å². The van der Waals surface area contributed by atoms with Crippen LogP contribution >= 0.6 is 0 Å². The van der Waals surface area contributed by atoms with Gasteiger partial charge in [0.15, 0.2) is 0 Å². The van der Waals surface area contributed by atoms with Gasteiger partial charge in [0.05, 0.1) is 6.20 Å². The summed E-state index contributed by atoms with van der Waals surface area (Å²) in [7, 11) is 0. The van der Waals surface area contributed by atoms with Gasteiger partial charge in [0.25, 0.3) is 0 Å². The molecule has 0 bridgehead atoms. The highest BCUT2D eigenvalue weighted by Crippen LogP contribution is 2.29. The monoisotopic (exact) mass is 392 g/mol. The fourth-order valence-electron chi connectivity index (χ4n) is 2.38. The summed E-state index contributed by atoms with van der Waals surface area (Å²) in [5.74, 6) is 0.792. The van der Waals surface area contributed by atoms with Crippen LogP contribution in [0.5, 0.6) is 11.5 Å². The second-order valence-corrected chi connectivity index (χ2v) is 5.50. The zero-order valence-corrected chi connectivity index (χ0v) is 13.8. The Bertz CT molecular complexity index is 959. The zero-order chi connectivity index (χ0) is 19.6. The predicted molar refractivity (Wildman–Crippen MR) is 86.2 cm³/mol. The Balaban J connectivity index is 1.40. The van der Waals surface area contributed by atoms with E-state index in [1.807, 2.05) is 0 Å². The number of hydrogen-bond donors (Lipinski definition) is 2. The van der Waals surface area contributed by atoms with Crippen molar-refractivity contribution in [3.8, 4) is 23.0 Å². The lowest BCUT2D eigenvalue weighted by Gasteiger charge is -2.11. The van der Waals surface area contributed by atoms with E-state index in [1.54, 1.807) is 18.2 Å². The highest BCUT2D eigenvalue weighted by molar-refractivity contribution is 5.48. The summed E-state index contributed by atoms with van der Waals surface area (Å²) < 4.78 is 46.1. The third kappa shape index (κ3) is 4.17. The lowest BCUT2D eigenvalue weighted by atomic mass is 10.1. The molecule has 0 unspecified atom stereocenters. The molecule has 4 rings (SSSR count). The Morgan fingerprint density at radius 2 is 1.82 bits per heavy atom. The number of halogens is 3. The summed E-state index contributed by atoms with van der Waals surface area (Å²) >= 11 is 0. The molecule has 144 valence electrons. The van der Waals surface area contributed by atoms with Gasteiger partial charge in [-0.2, -0.15) is 5.21 Å². The number of ether oxygens (including phenoxy) is 2. The number of tetrazole rings is 1. The van der Waals surface area contributed by atoms with Gasteiger partial charge in [-0.25, -0.2) is 10.5 Å². The number of hydrogen-bond acceptors (Lipinski definition) is 8. The molecule has 1 aliphatic rings. The van der Waals surface area contributed by atoms with E-state index in [0.717, 1.165) is 0 Å². The number of hydroxylamine groups is 1. The molecule has 3 aromatic rings. The van der Waals surface area contributed by atoms with Gasteiger partial charge in [0.2, 0.25) is 11.7 Å². The zero-order valence-electron chi connectivity index (χ0n) is 13.8. The van der Waals surface area contributed by atoms with E-state index >= 15 is 0 Å². The molecule has 28 heavy (non-hydrogen) atoms. The Labute approximate surface area is 155 Å². The number of nitrogens with one attached hydrogen (secondary N) is 2. The summed E-state index contributed by atoms with van der Waals surface area (Å²) in [4.78, 5) is 9.53. The molecule has 9 nitrogen and oxygen atoms in total. The van der Waals surface area contributed by atoms with Gasteiger partial charge in [-0.1, -0.05) is 12.1 Å². The second kappa shape index (κ2) is 7.15. The fraction of sp³-hybridized carbons (Fsp3) is 0.125. The van der Waals surface area contributed by atoms with Crippen LogP contribution < -0.4 is 15.0 Å². The van der Waals surface area contributed by atoms with Gasteiger partial charge >= 0.3 is 6.36 Å². The van der Waals surface area contributed by atoms with Gasteiger partial charge in [-0.15, -0.1) is 23.4 Å². The first-order valence-corrected chi connectivity index (χ1v) is 7.83. The van der Waals surface area contributed by atoms with Crippen LogP contribution in [0.2, 0.25) is 0 Å². The predicted octanol–water partition coefficient (Wildman–Crippen LogP) is 2.66. The molecule has 0 aliphatic carbocycles. The van der Waals surface area contributed by atoms with Crippen molar-refractivity contribution >= 4 is 0 Å². The smallest absolute Gasteiger partial charge is 0.438 e. The van der Waals surface area contributed by atoms with Crippen LogP contribution in [0.3, 0.4) is 0 Å². The molecule has 0 radical (unpaired) electrons. The summed E-state index contributed by atoms with van der Waals surface area (Å²) in [5.41, 5.74) is 3.74. The van der Waals surface area contributed by atoms with Gasteiger partial charge in [0.1, 0.15) is 23.3 Å². The molecular formula is C16H11F3N6O3. The molecule has 2 aromatic heterocycles. The van der Waals surface area contributed by atoms with Crippen molar-refractivity contribution in [2.75, 3.05) is 0 Å². The van der Waals surface area contributed by atoms with E-state index in [0.29, 0.717) is 28.7 Å². The van der Waals surface area contributed by atoms with Crippen molar-refractivity contribution < 1.29 is 27.5 Å². The summed E-state index contributed by atoms with van der Waals surface area (Å²) in [5, 5.41) is 13.4. The lowest BCUT2D eigenvalue weighted by molar-refractivity contribution is -0.274. The summed E-state index contributed by atoms with van der Waals surface area (Å²) in [6.07, 6.45) is -2.17. The summed E-state index contributed by atoms with van der Waals surface area (Å²) in [6.45, 7) is 0. The van der Waals surface area contributed by atoms with Gasteiger partial charge in [-0.05, 0) is 35.0 Å². The first kappa shape index (κ1) is 17.7. The largest absolute Gasteiger partial charge is 0.573 e. The normalized spacial score (nSPS) is 16.4. The first-order chi connectivity index (χ1) is 13.5. The number of alkyl halides is 3. The van der Waals surface area contributed by atoms with Crippen molar-refractivity contribution in [2.24, 2.45) is 0 Å². The second-order valence-electron chi connectivity index (χ2n) is 5.50. The van der Waals surface area contributed by atoms with E-state index in [-0.39, 0.29) is 5.75 Å². The molecule has 0 saturated carbocycles. The van der Waals surface area contributed by atoms with Gasteiger partial charge < -0.3 is 9.47 Å². The van der Waals surface area contributed by atoms with E-state index in [4.69, 9.17) is 9.57 Å². The van der Waals surface area contributed by atoms with Crippen LogP contribution in [0.1, 0.15) is 11.7 Å². The van der Waals surface area contributed by atoms with Crippen molar-refractivity contribution in [3.05, 3.63) is 60.1 Å². The van der Waals surface area contributed by atoms with Crippen LogP contribution in [-0.4, -0.2) is 32.0 Å². The number of rotatable bonds is 5. The number of benzene rings is 1. The molecule has 1 aromatic carbocycles. The molecule has 1 atom stereocenters. The third-order valence-corrected chi connectivity index (χ3v) is 3.57. The molecule has 2 N–H and O–H groups in total. The topological polar surface area (TPSA) is 107 Å². The Morgan fingerprint density at radius 3 is 2.46 bits per heavy atom. The highest BCUT2D eigenvalue weighted by Gasteiger charge is 2.31. The van der Waals surface area contributed by atoms with Crippen LogP contribution in [0.25, 0.3) is 11.5 Å². The van der Waals surface area contributed by atoms with Crippen molar-refractivity contribution in [3.63, 3.8) is 0 Å². The molecule has 0 fully saturated rings. The molecular weight excluding hydrogens is 381 g/mol. The van der Waals surface area contributed by atoms with Crippen molar-refractivity contribution in [2.45, 2.75) is 12.5 Å². The minimum atomic E-state index is -4.73. The number of pyridine rings is 1. The molecule has 3 heterocycles. The molecule has 1 aliphatic heterocycles.